The van der Waals surface area contributed by atoms with Crippen LogP contribution in [0, 0.1) is 0 Å². The van der Waals surface area contributed by atoms with E-state index in [2.05, 4.69) is 0 Å². The van der Waals surface area contributed by atoms with Crippen molar-refractivity contribution in [2.75, 3.05) is 0 Å². The normalized spacial score (nSPS) is 34.4. The van der Waals surface area contributed by atoms with Crippen LogP contribution in [0.1, 0.15) is 24.8 Å². The van der Waals surface area contributed by atoms with E-state index < -0.39 is 12.3 Å². The molecule has 0 spiro atoms. The molecule has 3 aliphatic rings. The van der Waals surface area contributed by atoms with Gasteiger partial charge in [-0.25, -0.2) is 0 Å². The van der Waals surface area contributed by atoms with Crippen LogP contribution in [-0.4, -0.2) is 6.98 Å². The Labute approximate surface area is 146 Å². The van der Waals surface area contributed by atoms with Gasteiger partial charge in [-0.2, -0.15) is 0 Å². The van der Waals surface area contributed by atoms with E-state index in [1.807, 2.05) is 12.1 Å². The summed E-state index contributed by atoms with van der Waals surface area (Å²) in [5.41, 5.74) is 0.820. The first kappa shape index (κ1) is 14.4. The van der Waals surface area contributed by atoms with E-state index in [-0.39, 0.29) is 76.1 Å². The molecule has 0 nitrogen and oxygen atoms in total. The molecule has 17 heavy (non-hydrogen) atoms. The van der Waals surface area contributed by atoms with E-state index in [4.69, 9.17) is 11.6 Å². The van der Waals surface area contributed by atoms with Crippen LogP contribution in [0.2, 0.25) is 10.3 Å². The van der Waals surface area contributed by atoms with Crippen LogP contribution < -0.4 is 51.4 Å². The van der Waals surface area contributed by atoms with E-state index in [9.17, 15) is 12.9 Å². The molecule has 0 radical (unpaired) electrons. The summed E-state index contributed by atoms with van der Waals surface area (Å²) in [5.74, 6) is 0. The van der Waals surface area contributed by atoms with Crippen LogP contribution in [0.3, 0.4) is 0 Å². The Bertz CT molecular complexity index is 423. The maximum atomic E-state index is 12.7. The van der Waals surface area contributed by atoms with Crippen molar-refractivity contribution in [2.45, 2.75) is 30.0 Å². The van der Waals surface area contributed by atoms with Gasteiger partial charge in [-0.3, -0.25) is 0 Å². The molecule has 0 heterocycles. The zero-order chi connectivity index (χ0) is 11.6. The molecule has 3 aliphatic carbocycles. The van der Waals surface area contributed by atoms with E-state index in [0.29, 0.717) is 5.02 Å². The molecule has 0 atom stereocenters. The van der Waals surface area contributed by atoms with Gasteiger partial charge in [0.25, 0.3) is 0 Å². The molecular weight excluding hydrogens is 274 g/mol. The van der Waals surface area contributed by atoms with Gasteiger partial charge in [-0.1, -0.05) is 48.3 Å². The van der Waals surface area contributed by atoms with Crippen LogP contribution in [-0.2, 0) is 5.41 Å². The van der Waals surface area contributed by atoms with Crippen molar-refractivity contribution >= 4 is 18.6 Å². The topological polar surface area (TPSA) is 0 Å². The zero-order valence-electron chi connectivity index (χ0n) is 9.52. The third kappa shape index (κ3) is 1.98. The van der Waals surface area contributed by atoms with Crippen molar-refractivity contribution in [2.24, 2.45) is 0 Å². The quantitative estimate of drug-likeness (QED) is 0.720. The van der Waals surface area contributed by atoms with Crippen LogP contribution >= 0.6 is 11.6 Å². The van der Waals surface area contributed by atoms with Crippen LogP contribution in [0.5, 0.6) is 0 Å². The zero-order valence-corrected chi connectivity index (χ0v) is 13.4. The Balaban J connectivity index is 0.00000108. The summed E-state index contributed by atoms with van der Waals surface area (Å²) in [5, 5.41) is -0.676. The molecular formula is C11H10BClF3K. The standard InChI is InChI=1S/C11H10BClF3.K/c13-9-3-1-8(2-4-9)10-5-11(6-10,7-10)12(14,15)16;/h1-4H,5-7H2;/q-1;+1. The Morgan fingerprint density at radius 3 is 1.88 bits per heavy atom. The molecule has 0 aromatic heterocycles. The molecule has 1 aromatic rings. The van der Waals surface area contributed by atoms with Crippen molar-refractivity contribution in [1.29, 1.82) is 0 Å². The third-order valence-electron chi connectivity index (χ3n) is 4.22. The van der Waals surface area contributed by atoms with Crippen molar-refractivity contribution in [3.8, 4) is 0 Å². The second kappa shape index (κ2) is 4.25. The molecule has 1 aromatic carbocycles. The van der Waals surface area contributed by atoms with Crippen molar-refractivity contribution in [1.82, 2.24) is 0 Å². The summed E-state index contributed by atoms with van der Waals surface area (Å²) in [6.45, 7) is -4.67. The maximum absolute atomic E-state index is 12.7. The average Bonchev–Trinajstić information content (AvgIpc) is 2.00. The van der Waals surface area contributed by atoms with Gasteiger partial charge in [0.15, 0.2) is 0 Å². The molecule has 0 aliphatic heterocycles. The van der Waals surface area contributed by atoms with E-state index in [1.165, 1.54) is 0 Å². The molecule has 4 rings (SSSR count). The van der Waals surface area contributed by atoms with E-state index >= 15 is 0 Å². The molecule has 0 unspecified atom stereocenters. The minimum Gasteiger partial charge on any atom is -0.449 e. The number of rotatable bonds is 2. The second-order valence-corrected chi connectivity index (χ2v) is 5.69. The fourth-order valence-electron chi connectivity index (χ4n) is 3.32. The summed E-state index contributed by atoms with van der Waals surface area (Å²) in [6.07, 6.45) is 0.849. The molecule has 2 bridgehead atoms. The van der Waals surface area contributed by atoms with Crippen molar-refractivity contribution < 1.29 is 64.3 Å². The van der Waals surface area contributed by atoms with Gasteiger partial charge in [0.2, 0.25) is 0 Å². The van der Waals surface area contributed by atoms with E-state index in [1.54, 1.807) is 12.1 Å². The molecule has 86 valence electrons. The maximum Gasteiger partial charge on any atom is 1.00 e. The monoisotopic (exact) mass is 284 g/mol. The predicted octanol–water partition coefficient (Wildman–Crippen LogP) is 1.37. The number of hydrogen-bond donors (Lipinski definition) is 0. The van der Waals surface area contributed by atoms with Gasteiger partial charge in [0.05, 0.1) is 0 Å². The fraction of sp³-hybridized carbons (Fsp3) is 0.455. The van der Waals surface area contributed by atoms with Gasteiger partial charge < -0.3 is 12.9 Å². The Hall–Kier alpha value is 1.00. The summed E-state index contributed by atoms with van der Waals surface area (Å²) in [4.78, 5) is 0. The number of halogens is 4. The van der Waals surface area contributed by atoms with Crippen LogP contribution in [0.25, 0.3) is 0 Å². The number of hydrogen-bond acceptors (Lipinski definition) is 0. The first-order chi connectivity index (χ1) is 7.37. The van der Waals surface area contributed by atoms with Crippen LogP contribution in [0.15, 0.2) is 24.3 Å². The molecule has 6 heteroatoms. The predicted molar refractivity (Wildman–Crippen MR) is 58.8 cm³/mol. The van der Waals surface area contributed by atoms with E-state index in [0.717, 1.165) is 5.56 Å². The van der Waals surface area contributed by atoms with Gasteiger partial charge in [0, 0.05) is 5.02 Å². The minimum absolute atomic E-state index is 0. The average molecular weight is 285 g/mol. The van der Waals surface area contributed by atoms with Gasteiger partial charge >= 0.3 is 58.4 Å². The van der Waals surface area contributed by atoms with Crippen molar-refractivity contribution in [3.63, 3.8) is 0 Å². The minimum atomic E-state index is -4.67. The Morgan fingerprint density at radius 1 is 1.00 bits per heavy atom. The van der Waals surface area contributed by atoms with Crippen molar-refractivity contribution in [3.05, 3.63) is 34.9 Å². The van der Waals surface area contributed by atoms with Gasteiger partial charge in [-0.05, 0) is 23.1 Å². The Kier molecular flexibility index (Phi) is 3.60. The fourth-order valence-corrected chi connectivity index (χ4v) is 3.45. The van der Waals surface area contributed by atoms with Crippen LogP contribution in [0.4, 0.5) is 12.9 Å². The van der Waals surface area contributed by atoms with Gasteiger partial charge in [0.1, 0.15) is 0 Å². The largest absolute Gasteiger partial charge is 1.00 e. The Morgan fingerprint density at radius 2 is 1.47 bits per heavy atom. The molecule has 0 saturated heterocycles. The first-order valence-corrected chi connectivity index (χ1v) is 5.70. The second-order valence-electron chi connectivity index (χ2n) is 5.25. The summed E-state index contributed by atoms with van der Waals surface area (Å²) in [7, 11) is 0. The van der Waals surface area contributed by atoms with Gasteiger partial charge in [-0.15, -0.1) is 0 Å². The summed E-state index contributed by atoms with van der Waals surface area (Å²) in [6, 6.07) is 7.22. The SMILES string of the molecule is F[B-](F)(F)C12CC(c3ccc(Cl)cc3)(C1)C2.[K+]. The smallest absolute Gasteiger partial charge is 0.449 e. The molecule has 3 fully saturated rings. The first-order valence-electron chi connectivity index (χ1n) is 5.32. The third-order valence-corrected chi connectivity index (χ3v) is 4.47. The summed E-state index contributed by atoms with van der Waals surface area (Å²) >= 11 is 5.76. The molecule has 0 amide bonds. The summed E-state index contributed by atoms with van der Waals surface area (Å²) < 4.78 is 38.1. The molecule has 0 N–H and O–H groups in total. The number of benzene rings is 1. The molecule has 3 saturated carbocycles.